The molecule has 0 aliphatic carbocycles. The molecule has 0 saturated carbocycles. The molecule has 0 aromatic heterocycles. The highest BCUT2D eigenvalue weighted by atomic mass is 19.3. The number of alkyl halides is 10. The molecule has 180 valence electrons. The van der Waals surface area contributed by atoms with Crippen LogP contribution in [0.2, 0.25) is 0 Å². The molecule has 0 aliphatic rings. The molecule has 0 aromatic rings. The maximum absolute atomic E-state index is 12.4. The summed E-state index contributed by atoms with van der Waals surface area (Å²) in [6, 6.07) is 0. The van der Waals surface area contributed by atoms with Crippen molar-refractivity contribution in [3.63, 3.8) is 0 Å². The largest absolute Gasteiger partial charge is 0.375 e. The molecule has 0 spiro atoms. The van der Waals surface area contributed by atoms with E-state index in [0.717, 1.165) is 7.11 Å². The van der Waals surface area contributed by atoms with Gasteiger partial charge in [-0.2, -0.15) is 45.0 Å². The normalized spacial score (nSPS) is 12.6. The van der Waals surface area contributed by atoms with Gasteiger partial charge in [0.2, 0.25) is 0 Å². The average Bonchev–Trinajstić information content (AvgIpc) is 2.64. The predicted octanol–water partition coefficient (Wildman–Crippen LogP) is 4.92. The molecule has 0 radical (unpaired) electrons. The topological polar surface area (TPSA) is 36.9 Å². The van der Waals surface area contributed by atoms with Crippen LogP contribution >= 0.6 is 0 Å². The van der Waals surface area contributed by atoms with Crippen molar-refractivity contribution in [3.8, 4) is 0 Å². The molecule has 0 fully saturated rings. The highest BCUT2D eigenvalue weighted by Crippen LogP contribution is 2.35. The van der Waals surface area contributed by atoms with Gasteiger partial charge in [-0.25, -0.2) is 8.78 Å². The Bertz CT molecular complexity index is 385. The fraction of sp³-hybridized carbons (Fsp3) is 1.00. The zero-order valence-electron chi connectivity index (χ0n) is 15.1. The first-order chi connectivity index (χ1) is 13.2. The van der Waals surface area contributed by atoms with Gasteiger partial charge in [-0.1, -0.05) is 0 Å². The van der Waals surface area contributed by atoms with Gasteiger partial charge in [-0.05, 0) is 16.0 Å². The third-order valence-electron chi connectivity index (χ3n) is 2.48. The first-order valence-corrected chi connectivity index (χ1v) is 7.33. The lowest BCUT2D eigenvalue weighted by Crippen LogP contribution is -2.46. The van der Waals surface area contributed by atoms with Crippen LogP contribution in [0.25, 0.3) is 0 Å². The van der Waals surface area contributed by atoms with Crippen LogP contribution in [0.1, 0.15) is 6.92 Å². The van der Waals surface area contributed by atoms with E-state index in [2.05, 4.69) is 19.4 Å². The third-order valence-corrected chi connectivity index (χ3v) is 2.48. The van der Waals surface area contributed by atoms with Gasteiger partial charge in [-0.3, -0.25) is 0 Å². The summed E-state index contributed by atoms with van der Waals surface area (Å²) >= 11 is 0. The average molecular weight is 468 g/mol. The van der Waals surface area contributed by atoms with E-state index >= 15 is 0 Å². The van der Waals surface area contributed by atoms with Crippen LogP contribution in [0, 0.1) is 0 Å². The second-order valence-electron chi connectivity index (χ2n) is 4.74. The molecule has 0 rings (SSSR count). The second-order valence-corrected chi connectivity index (χ2v) is 4.74. The Morgan fingerprint density at radius 2 is 0.966 bits per heavy atom. The van der Waals surface area contributed by atoms with Crippen molar-refractivity contribution in [2.45, 2.75) is 30.6 Å². The number of hydrogen-bond donors (Lipinski definition) is 0. The summed E-state index contributed by atoms with van der Waals surface area (Å²) in [5, 5.41) is 0. The summed E-state index contributed by atoms with van der Waals surface area (Å²) in [6.07, 6.45) is 0. The Balaban J connectivity index is -0.000000414. The Morgan fingerprint density at radius 3 is 1.24 bits per heavy atom. The zero-order valence-corrected chi connectivity index (χ0v) is 15.1. The number of halogens is 12. The molecular formula is C13H20F12O4. The van der Waals surface area contributed by atoms with Gasteiger partial charge in [0.15, 0.2) is 13.3 Å². The molecular weight excluding hydrogens is 448 g/mol. The lowest BCUT2D eigenvalue weighted by Gasteiger charge is -2.23. The van der Waals surface area contributed by atoms with Crippen molar-refractivity contribution < 1.29 is 72.3 Å². The molecule has 0 bridgehead atoms. The zero-order chi connectivity index (χ0) is 23.8. The Hall–Kier alpha value is -1.00. The molecule has 0 saturated heterocycles. The van der Waals surface area contributed by atoms with Gasteiger partial charge in [0.1, 0.15) is 19.8 Å². The van der Waals surface area contributed by atoms with Crippen molar-refractivity contribution in [3.05, 3.63) is 0 Å². The first-order valence-electron chi connectivity index (χ1n) is 7.33. The Morgan fingerprint density at radius 1 is 0.621 bits per heavy atom. The van der Waals surface area contributed by atoms with E-state index < -0.39 is 63.5 Å². The standard InChI is InChI=1S/C6H8F6O2.C6H9F5O.CH3FO/c7-3-5(8,9)6(10,11)4-13-1-2-14-12;1-2-12-4-6(10,11)5(8,9)3-7;1-3-2/h1-4H2;2-4H2,1H3;1H3. The van der Waals surface area contributed by atoms with Crippen molar-refractivity contribution in [2.75, 3.05) is 53.5 Å². The quantitative estimate of drug-likeness (QED) is 0.301. The smallest absolute Gasteiger partial charge is 0.340 e. The van der Waals surface area contributed by atoms with Crippen LogP contribution in [0.5, 0.6) is 0 Å². The molecule has 16 heteroatoms. The maximum atomic E-state index is 12.4. The molecule has 0 heterocycles. The summed E-state index contributed by atoms with van der Waals surface area (Å²) in [7, 11) is 0.958. The van der Waals surface area contributed by atoms with Crippen molar-refractivity contribution in [1.82, 2.24) is 0 Å². The van der Waals surface area contributed by atoms with Gasteiger partial charge in [0.25, 0.3) is 0 Å². The molecule has 0 atom stereocenters. The van der Waals surface area contributed by atoms with Crippen LogP contribution in [0.3, 0.4) is 0 Å². The summed E-state index contributed by atoms with van der Waals surface area (Å²) in [5.41, 5.74) is 0. The molecule has 0 aliphatic heterocycles. The van der Waals surface area contributed by atoms with E-state index in [1.807, 2.05) is 0 Å². The maximum Gasteiger partial charge on any atom is 0.340 e. The highest BCUT2D eigenvalue weighted by Gasteiger charge is 2.57. The van der Waals surface area contributed by atoms with E-state index in [1.165, 1.54) is 6.92 Å². The lowest BCUT2D eigenvalue weighted by atomic mass is 10.2. The lowest BCUT2D eigenvalue weighted by molar-refractivity contribution is -0.241. The minimum atomic E-state index is -4.77. The van der Waals surface area contributed by atoms with Gasteiger partial charge in [-0.15, -0.1) is 0 Å². The van der Waals surface area contributed by atoms with Crippen LogP contribution in [0.15, 0.2) is 0 Å². The van der Waals surface area contributed by atoms with Crippen molar-refractivity contribution in [2.24, 2.45) is 0 Å². The minimum Gasteiger partial charge on any atom is -0.375 e. The first kappa shape index (κ1) is 32.7. The van der Waals surface area contributed by atoms with Gasteiger partial charge in [0.05, 0.1) is 13.7 Å². The van der Waals surface area contributed by atoms with E-state index in [-0.39, 0.29) is 6.61 Å². The molecule has 0 amide bonds. The SMILES string of the molecule is CCOCC(F)(F)C(F)(F)CF.COF.FCC(F)(F)C(F)(F)COCCOF. The fourth-order valence-corrected chi connectivity index (χ4v) is 0.928. The summed E-state index contributed by atoms with van der Waals surface area (Å²) in [4.78, 5) is 5.69. The minimum absolute atomic E-state index is 0.113. The molecule has 29 heavy (non-hydrogen) atoms. The van der Waals surface area contributed by atoms with E-state index in [1.54, 1.807) is 0 Å². The van der Waals surface area contributed by atoms with Crippen LogP contribution in [0.4, 0.5) is 53.0 Å². The summed E-state index contributed by atoms with van der Waals surface area (Å²) in [6.45, 7) is -8.02. The Kier molecular flexibility index (Phi) is 17.8. The van der Waals surface area contributed by atoms with Crippen LogP contribution in [-0.4, -0.2) is 77.2 Å². The molecule has 0 N–H and O–H groups in total. The van der Waals surface area contributed by atoms with E-state index in [9.17, 15) is 53.0 Å². The summed E-state index contributed by atoms with van der Waals surface area (Å²) in [5.74, 6) is -18.5. The highest BCUT2D eigenvalue weighted by molar-refractivity contribution is 4.84. The summed E-state index contributed by atoms with van der Waals surface area (Å²) < 4.78 is 149. The number of ether oxygens (including phenoxy) is 2. The van der Waals surface area contributed by atoms with E-state index in [0.29, 0.717) is 0 Å². The van der Waals surface area contributed by atoms with E-state index in [4.69, 9.17) is 0 Å². The number of rotatable bonds is 12. The molecule has 4 nitrogen and oxygen atoms in total. The fourth-order valence-electron chi connectivity index (χ4n) is 0.928. The van der Waals surface area contributed by atoms with Crippen molar-refractivity contribution >= 4 is 0 Å². The molecule has 0 aromatic carbocycles. The third kappa shape index (κ3) is 13.8. The van der Waals surface area contributed by atoms with Gasteiger partial charge < -0.3 is 9.47 Å². The monoisotopic (exact) mass is 468 g/mol. The van der Waals surface area contributed by atoms with Gasteiger partial charge >= 0.3 is 23.7 Å². The van der Waals surface area contributed by atoms with Crippen LogP contribution in [-0.2, 0) is 19.4 Å². The van der Waals surface area contributed by atoms with Crippen LogP contribution < -0.4 is 0 Å². The number of hydrogen-bond acceptors (Lipinski definition) is 4. The Labute approximate surface area is 157 Å². The van der Waals surface area contributed by atoms with Gasteiger partial charge in [0, 0.05) is 6.61 Å². The predicted molar refractivity (Wildman–Crippen MR) is 74.2 cm³/mol. The second kappa shape index (κ2) is 15.8. The molecule has 0 unspecified atom stereocenters. The van der Waals surface area contributed by atoms with Crippen molar-refractivity contribution in [1.29, 1.82) is 0 Å².